The number of rotatable bonds is 8. The maximum Gasteiger partial charge on any atom is 0.305 e. The van der Waals surface area contributed by atoms with E-state index in [1.807, 2.05) is 18.2 Å². The first-order valence-corrected chi connectivity index (χ1v) is 11.4. The zero-order valence-electron chi connectivity index (χ0n) is 18.3. The Bertz CT molecular complexity index is 1120. The normalized spacial score (nSPS) is 14.8. The fourth-order valence-corrected chi connectivity index (χ4v) is 5.10. The van der Waals surface area contributed by atoms with Gasteiger partial charge in [-0.2, -0.15) is 0 Å². The highest BCUT2D eigenvalue weighted by Gasteiger charge is 2.27. The van der Waals surface area contributed by atoms with E-state index in [4.69, 9.17) is 27.1 Å². The third-order valence-corrected chi connectivity index (χ3v) is 6.58. The molecule has 0 radical (unpaired) electrons. The number of carboxylic acid groups (broad SMARTS) is 1. The molecular formula is C25H29ClN2O4. The second-order valence-electron chi connectivity index (χ2n) is 8.40. The minimum Gasteiger partial charge on any atom is -0.481 e. The average Bonchev–Trinajstić information content (AvgIpc) is 3.10. The Morgan fingerprint density at radius 2 is 1.97 bits per heavy atom. The summed E-state index contributed by atoms with van der Waals surface area (Å²) in [7, 11) is 1.48. The molecule has 3 aromatic rings. The van der Waals surface area contributed by atoms with Crippen molar-refractivity contribution in [1.82, 2.24) is 4.57 Å². The maximum atomic E-state index is 11.5. The molecule has 2 aromatic carbocycles. The summed E-state index contributed by atoms with van der Waals surface area (Å²) in [6, 6.07) is 11.8. The highest BCUT2D eigenvalue weighted by Crippen LogP contribution is 2.45. The van der Waals surface area contributed by atoms with E-state index in [-0.39, 0.29) is 6.42 Å². The number of fused-ring (bicyclic) bond motifs is 1. The van der Waals surface area contributed by atoms with Gasteiger partial charge in [-0.05, 0) is 54.2 Å². The van der Waals surface area contributed by atoms with Crippen LogP contribution >= 0.6 is 11.6 Å². The third-order valence-electron chi connectivity index (χ3n) is 6.34. The van der Waals surface area contributed by atoms with Crippen molar-refractivity contribution in [3.63, 3.8) is 0 Å². The number of nitrogens with two attached hydrogens (primary N) is 1. The number of nitrogens with zero attached hydrogens (tertiary/aromatic N) is 1. The van der Waals surface area contributed by atoms with E-state index in [9.17, 15) is 9.90 Å². The largest absolute Gasteiger partial charge is 0.481 e. The summed E-state index contributed by atoms with van der Waals surface area (Å²) in [5.41, 5.74) is 12.2. The molecule has 6 nitrogen and oxygen atoms in total. The zero-order chi connectivity index (χ0) is 22.7. The molecule has 0 amide bonds. The number of hydrogen-bond donors (Lipinski definition) is 2. The van der Waals surface area contributed by atoms with Crippen LogP contribution in [0.4, 0.5) is 5.69 Å². The van der Waals surface area contributed by atoms with E-state index in [0.717, 1.165) is 40.6 Å². The van der Waals surface area contributed by atoms with Crippen LogP contribution in [0.1, 0.15) is 55.6 Å². The summed E-state index contributed by atoms with van der Waals surface area (Å²) in [4.78, 5) is 21.4. The lowest BCUT2D eigenvalue weighted by Gasteiger charge is -2.24. The van der Waals surface area contributed by atoms with Crippen molar-refractivity contribution in [3.8, 4) is 11.3 Å². The Balaban J connectivity index is 1.98. The van der Waals surface area contributed by atoms with Gasteiger partial charge >= 0.3 is 5.97 Å². The lowest BCUT2D eigenvalue weighted by molar-refractivity contribution is -0.282. The second-order valence-corrected chi connectivity index (χ2v) is 8.84. The summed E-state index contributed by atoms with van der Waals surface area (Å²) < 4.78 is 2.11. The van der Waals surface area contributed by atoms with Gasteiger partial charge in [0.25, 0.3) is 0 Å². The highest BCUT2D eigenvalue weighted by molar-refractivity contribution is 6.31. The molecule has 1 aromatic heterocycles. The Kier molecular flexibility index (Phi) is 7.04. The number of aryl methyl sites for hydroxylation is 1. The van der Waals surface area contributed by atoms with Gasteiger partial charge in [-0.25, -0.2) is 9.78 Å². The van der Waals surface area contributed by atoms with Crippen molar-refractivity contribution >= 4 is 34.2 Å². The number of halogens is 1. The number of carbonyl (C=O) groups is 1. The van der Waals surface area contributed by atoms with Crippen LogP contribution < -0.4 is 5.73 Å². The van der Waals surface area contributed by atoms with Gasteiger partial charge in [0.05, 0.1) is 19.2 Å². The van der Waals surface area contributed by atoms with Crippen LogP contribution in [-0.2, 0) is 27.7 Å². The molecule has 0 spiro atoms. The molecule has 1 aliphatic carbocycles. The summed E-state index contributed by atoms with van der Waals surface area (Å²) in [6.07, 6.45) is 5.90. The number of benzene rings is 2. The second kappa shape index (κ2) is 9.94. The molecule has 3 N–H and O–H groups in total. The van der Waals surface area contributed by atoms with Gasteiger partial charge in [-0.15, -0.1) is 0 Å². The van der Waals surface area contributed by atoms with Crippen LogP contribution in [0, 0.1) is 0 Å². The third kappa shape index (κ3) is 4.63. The van der Waals surface area contributed by atoms with Crippen LogP contribution in [0.15, 0.2) is 36.4 Å². The number of aromatic nitrogens is 1. The maximum absolute atomic E-state index is 11.5. The highest BCUT2D eigenvalue weighted by atomic mass is 35.5. The molecule has 1 saturated carbocycles. The van der Waals surface area contributed by atoms with Crippen LogP contribution in [0.3, 0.4) is 0 Å². The predicted molar refractivity (Wildman–Crippen MR) is 127 cm³/mol. The molecule has 0 atom stereocenters. The number of anilines is 1. The van der Waals surface area contributed by atoms with E-state index in [1.54, 1.807) is 6.07 Å². The minimum absolute atomic E-state index is 0.0210. The minimum atomic E-state index is -0.833. The lowest BCUT2D eigenvalue weighted by atomic mass is 9.81. The summed E-state index contributed by atoms with van der Waals surface area (Å²) in [5, 5.41) is 11.2. The van der Waals surface area contributed by atoms with Crippen LogP contribution in [-0.4, -0.2) is 22.8 Å². The molecular weight excluding hydrogens is 428 g/mol. The van der Waals surface area contributed by atoms with E-state index < -0.39 is 5.97 Å². The van der Waals surface area contributed by atoms with Gasteiger partial charge in [0.15, 0.2) is 0 Å². The van der Waals surface area contributed by atoms with E-state index in [0.29, 0.717) is 29.8 Å². The predicted octanol–water partition coefficient (Wildman–Crippen LogP) is 6.14. The first kappa shape index (κ1) is 22.6. The smallest absolute Gasteiger partial charge is 0.305 e. The summed E-state index contributed by atoms with van der Waals surface area (Å²) >= 11 is 6.19. The van der Waals surface area contributed by atoms with Gasteiger partial charge in [0.1, 0.15) is 6.61 Å². The number of nitrogen functional groups attached to an aromatic ring is 1. The molecule has 0 bridgehead atoms. The van der Waals surface area contributed by atoms with Gasteiger partial charge in [-0.1, -0.05) is 43.0 Å². The standard InChI is InChI=1S/C25H29ClN2O4/c1-31-32-15-16-7-9-20-22(13-16)28(12-11-23(29)30)25(19-10-8-18(26)14-21(19)27)24(20)17-5-3-2-4-6-17/h7-10,13-14,17H,2-6,11-12,15,27H2,1H3,(H,29,30). The van der Waals surface area contributed by atoms with Gasteiger partial charge in [-0.3, -0.25) is 4.79 Å². The van der Waals surface area contributed by atoms with Gasteiger partial charge in [0.2, 0.25) is 0 Å². The average molecular weight is 457 g/mol. The molecule has 0 aliphatic heterocycles. The monoisotopic (exact) mass is 456 g/mol. The number of aliphatic carboxylic acids is 1. The van der Waals surface area contributed by atoms with Crippen molar-refractivity contribution in [2.24, 2.45) is 0 Å². The summed E-state index contributed by atoms with van der Waals surface area (Å²) in [5.74, 6) is -0.427. The first-order valence-electron chi connectivity index (χ1n) is 11.1. The first-order chi connectivity index (χ1) is 15.5. The van der Waals surface area contributed by atoms with Crippen molar-refractivity contribution in [2.45, 2.75) is 57.6 Å². The fourth-order valence-electron chi connectivity index (χ4n) is 4.92. The molecule has 7 heteroatoms. The quantitative estimate of drug-likeness (QED) is 0.241. The van der Waals surface area contributed by atoms with Crippen LogP contribution in [0.25, 0.3) is 22.2 Å². The van der Waals surface area contributed by atoms with Crippen molar-refractivity contribution in [2.75, 3.05) is 12.8 Å². The van der Waals surface area contributed by atoms with Crippen molar-refractivity contribution in [3.05, 3.63) is 52.5 Å². The molecule has 1 heterocycles. The van der Waals surface area contributed by atoms with Crippen molar-refractivity contribution < 1.29 is 19.7 Å². The summed E-state index contributed by atoms with van der Waals surface area (Å²) in [6.45, 7) is 0.665. The van der Waals surface area contributed by atoms with Crippen LogP contribution in [0.2, 0.25) is 5.02 Å². The van der Waals surface area contributed by atoms with E-state index >= 15 is 0 Å². The Hall–Kier alpha value is -2.54. The van der Waals surface area contributed by atoms with Crippen LogP contribution in [0.5, 0.6) is 0 Å². The lowest BCUT2D eigenvalue weighted by Crippen LogP contribution is -2.10. The molecule has 1 aliphatic rings. The number of hydrogen-bond acceptors (Lipinski definition) is 4. The Morgan fingerprint density at radius 3 is 2.66 bits per heavy atom. The topological polar surface area (TPSA) is 86.7 Å². The SMILES string of the molecule is COOCc1ccc2c(C3CCCCC3)c(-c3ccc(Cl)cc3N)n(CCC(=O)O)c2c1. The molecule has 0 saturated heterocycles. The molecule has 0 unspecified atom stereocenters. The Labute approximate surface area is 192 Å². The van der Waals surface area contributed by atoms with E-state index in [1.165, 1.54) is 31.9 Å². The molecule has 32 heavy (non-hydrogen) atoms. The Morgan fingerprint density at radius 1 is 1.19 bits per heavy atom. The zero-order valence-corrected chi connectivity index (χ0v) is 19.0. The molecule has 170 valence electrons. The van der Waals surface area contributed by atoms with Gasteiger partial charge < -0.3 is 15.4 Å². The fraction of sp³-hybridized carbons (Fsp3) is 0.400. The molecule has 1 fully saturated rings. The van der Waals surface area contributed by atoms with E-state index in [2.05, 4.69) is 16.7 Å². The number of carboxylic acids is 1. The van der Waals surface area contributed by atoms with Gasteiger partial charge in [0, 0.05) is 33.7 Å². The van der Waals surface area contributed by atoms with Crippen molar-refractivity contribution in [1.29, 1.82) is 0 Å². The molecule has 4 rings (SSSR count).